The number of rotatable bonds is 5. The number of sulfonamides is 1. The Bertz CT molecular complexity index is 1480. The van der Waals surface area contributed by atoms with E-state index in [-0.39, 0.29) is 16.2 Å². The fourth-order valence-electron chi connectivity index (χ4n) is 3.89. The van der Waals surface area contributed by atoms with Crippen LogP contribution in [0.1, 0.15) is 28.8 Å². The molecule has 4 aromatic rings. The zero-order chi connectivity index (χ0) is 23.9. The lowest BCUT2D eigenvalue weighted by atomic mass is 10.2. The molecule has 3 aromatic carbocycles. The van der Waals surface area contributed by atoms with Crippen molar-refractivity contribution >= 4 is 43.0 Å². The molecule has 5 rings (SSSR count). The average molecular weight is 541 g/mol. The molecule has 0 amide bonds. The maximum absolute atomic E-state index is 13.1. The summed E-state index contributed by atoms with van der Waals surface area (Å²) in [4.78, 5) is 14.6. The van der Waals surface area contributed by atoms with E-state index in [2.05, 4.69) is 26.1 Å². The van der Waals surface area contributed by atoms with Crippen molar-refractivity contribution in [3.63, 3.8) is 0 Å². The molecule has 0 unspecified atom stereocenters. The Labute approximate surface area is 205 Å². The first-order valence-electron chi connectivity index (χ1n) is 10.8. The Balaban J connectivity index is 1.48. The third-order valence-electron chi connectivity index (χ3n) is 5.67. The number of benzene rings is 3. The van der Waals surface area contributed by atoms with Crippen LogP contribution in [0.25, 0.3) is 16.7 Å². The fourth-order valence-corrected chi connectivity index (χ4v) is 6.36. The standard InChI is InChI=1S/C24H21BrN4O4S/c1-16-8-11-22(21(14-16)29-26-19-6-2-3-7-20(19)27-29)33-24(30)17-9-10-18(25)23(15-17)34(31,32)28-12-4-5-13-28/h2-3,6-11,14-15H,4-5,12-13H2,1H3. The summed E-state index contributed by atoms with van der Waals surface area (Å²) in [7, 11) is -3.72. The molecule has 0 bridgehead atoms. The second kappa shape index (κ2) is 8.94. The van der Waals surface area contributed by atoms with Crippen molar-refractivity contribution in [2.45, 2.75) is 24.7 Å². The second-order valence-electron chi connectivity index (χ2n) is 8.10. The van der Waals surface area contributed by atoms with Crippen LogP contribution in [0.5, 0.6) is 5.75 Å². The second-order valence-corrected chi connectivity index (χ2v) is 10.9. The van der Waals surface area contributed by atoms with Gasteiger partial charge in [-0.3, -0.25) is 0 Å². The van der Waals surface area contributed by atoms with Gasteiger partial charge in [0.1, 0.15) is 16.7 Å². The lowest BCUT2D eigenvalue weighted by Crippen LogP contribution is -2.28. The van der Waals surface area contributed by atoms with Gasteiger partial charge in [-0.2, -0.15) is 4.31 Å². The molecule has 2 heterocycles. The Kier molecular flexibility index (Phi) is 5.97. The van der Waals surface area contributed by atoms with Gasteiger partial charge in [-0.1, -0.05) is 18.2 Å². The number of carbonyl (C=O) groups excluding carboxylic acids is 1. The van der Waals surface area contributed by atoms with Crippen molar-refractivity contribution in [3.8, 4) is 11.4 Å². The zero-order valence-electron chi connectivity index (χ0n) is 18.3. The molecule has 1 aliphatic rings. The number of halogens is 1. The predicted octanol–water partition coefficient (Wildman–Crippen LogP) is 4.50. The van der Waals surface area contributed by atoms with E-state index in [1.807, 2.05) is 43.3 Å². The minimum atomic E-state index is -3.72. The minimum absolute atomic E-state index is 0.0490. The number of esters is 1. The molecule has 1 saturated heterocycles. The molecule has 34 heavy (non-hydrogen) atoms. The molecule has 10 heteroatoms. The first-order chi connectivity index (χ1) is 16.3. The van der Waals surface area contributed by atoms with Gasteiger partial charge in [0.25, 0.3) is 0 Å². The van der Waals surface area contributed by atoms with E-state index in [4.69, 9.17) is 4.74 Å². The summed E-state index contributed by atoms with van der Waals surface area (Å²) in [5.41, 5.74) is 3.01. The van der Waals surface area contributed by atoms with Crippen LogP contribution in [0, 0.1) is 6.92 Å². The smallest absolute Gasteiger partial charge is 0.343 e. The highest BCUT2D eigenvalue weighted by molar-refractivity contribution is 9.10. The molecule has 0 atom stereocenters. The third kappa shape index (κ3) is 4.24. The van der Waals surface area contributed by atoms with Crippen molar-refractivity contribution in [1.82, 2.24) is 19.3 Å². The van der Waals surface area contributed by atoms with Gasteiger partial charge in [-0.15, -0.1) is 15.0 Å². The number of aromatic nitrogens is 3. The summed E-state index contributed by atoms with van der Waals surface area (Å²) in [5.74, 6) is -0.407. The monoisotopic (exact) mass is 540 g/mol. The Morgan fingerprint density at radius 2 is 1.65 bits per heavy atom. The first-order valence-corrected chi connectivity index (χ1v) is 13.0. The number of hydrogen-bond donors (Lipinski definition) is 0. The molecule has 0 spiro atoms. The Morgan fingerprint density at radius 1 is 0.971 bits per heavy atom. The van der Waals surface area contributed by atoms with Gasteiger partial charge < -0.3 is 4.74 Å². The number of ether oxygens (including phenoxy) is 1. The summed E-state index contributed by atoms with van der Waals surface area (Å²) in [6.45, 7) is 2.87. The summed E-state index contributed by atoms with van der Waals surface area (Å²) in [5, 5.41) is 8.98. The highest BCUT2D eigenvalue weighted by Crippen LogP contribution is 2.30. The molecule has 174 valence electrons. The maximum Gasteiger partial charge on any atom is 0.343 e. The topological polar surface area (TPSA) is 94.4 Å². The maximum atomic E-state index is 13.1. The largest absolute Gasteiger partial charge is 0.421 e. The third-order valence-corrected chi connectivity index (χ3v) is 8.56. The molecule has 0 N–H and O–H groups in total. The molecule has 1 fully saturated rings. The van der Waals surface area contributed by atoms with Crippen molar-refractivity contribution in [3.05, 3.63) is 76.3 Å². The number of aryl methyl sites for hydroxylation is 1. The molecule has 0 saturated carbocycles. The molecule has 0 radical (unpaired) electrons. The van der Waals surface area contributed by atoms with Crippen molar-refractivity contribution in [1.29, 1.82) is 0 Å². The van der Waals surface area contributed by atoms with Crippen LogP contribution in [-0.2, 0) is 10.0 Å². The van der Waals surface area contributed by atoms with Crippen LogP contribution in [0.4, 0.5) is 0 Å². The molecule has 8 nitrogen and oxygen atoms in total. The van der Waals surface area contributed by atoms with Crippen LogP contribution in [0.3, 0.4) is 0 Å². The molecular formula is C24H21BrN4O4S. The van der Waals surface area contributed by atoms with E-state index in [1.165, 1.54) is 21.2 Å². The summed E-state index contributed by atoms with van der Waals surface area (Å²) in [6.07, 6.45) is 1.65. The number of fused-ring (bicyclic) bond motifs is 1. The van der Waals surface area contributed by atoms with Crippen molar-refractivity contribution in [2.24, 2.45) is 0 Å². The Morgan fingerprint density at radius 3 is 2.32 bits per heavy atom. The van der Waals surface area contributed by atoms with Crippen LogP contribution >= 0.6 is 15.9 Å². The van der Waals surface area contributed by atoms with Crippen molar-refractivity contribution in [2.75, 3.05) is 13.1 Å². The summed E-state index contributed by atoms with van der Waals surface area (Å²) >= 11 is 3.32. The quantitative estimate of drug-likeness (QED) is 0.273. The van der Waals surface area contributed by atoms with Gasteiger partial charge in [0.15, 0.2) is 5.75 Å². The minimum Gasteiger partial charge on any atom is -0.421 e. The first kappa shape index (κ1) is 22.7. The molecular weight excluding hydrogens is 520 g/mol. The average Bonchev–Trinajstić information content (AvgIpc) is 3.51. The summed E-state index contributed by atoms with van der Waals surface area (Å²) < 4.78 is 33.7. The highest BCUT2D eigenvalue weighted by atomic mass is 79.9. The Hall–Kier alpha value is -3.08. The van der Waals surface area contributed by atoms with Gasteiger partial charge in [0, 0.05) is 17.6 Å². The van der Waals surface area contributed by atoms with Gasteiger partial charge >= 0.3 is 5.97 Å². The van der Waals surface area contributed by atoms with E-state index in [0.29, 0.717) is 34.3 Å². The normalized spacial score (nSPS) is 14.5. The lowest BCUT2D eigenvalue weighted by Gasteiger charge is -2.17. The van der Waals surface area contributed by atoms with Crippen LogP contribution in [0.2, 0.25) is 0 Å². The summed E-state index contributed by atoms with van der Waals surface area (Å²) in [6, 6.07) is 17.2. The number of nitrogens with zero attached hydrogens (tertiary/aromatic N) is 4. The van der Waals surface area contributed by atoms with Gasteiger partial charge in [0.2, 0.25) is 10.0 Å². The van der Waals surface area contributed by atoms with Crippen molar-refractivity contribution < 1.29 is 17.9 Å². The zero-order valence-corrected chi connectivity index (χ0v) is 20.7. The van der Waals surface area contributed by atoms with Gasteiger partial charge in [-0.25, -0.2) is 13.2 Å². The molecule has 1 aliphatic heterocycles. The van der Waals surface area contributed by atoms with Crippen LogP contribution in [0.15, 0.2) is 70.0 Å². The van der Waals surface area contributed by atoms with Gasteiger partial charge in [-0.05, 0) is 83.7 Å². The number of carbonyl (C=O) groups is 1. The number of hydrogen-bond acceptors (Lipinski definition) is 6. The van der Waals surface area contributed by atoms with E-state index in [0.717, 1.165) is 18.4 Å². The predicted molar refractivity (Wildman–Crippen MR) is 131 cm³/mol. The van der Waals surface area contributed by atoms with Crippen LogP contribution in [-0.4, -0.2) is 46.8 Å². The lowest BCUT2D eigenvalue weighted by molar-refractivity contribution is 0.0734. The van der Waals surface area contributed by atoms with E-state index < -0.39 is 16.0 Å². The molecule has 1 aromatic heterocycles. The van der Waals surface area contributed by atoms with E-state index in [9.17, 15) is 13.2 Å². The van der Waals surface area contributed by atoms with E-state index >= 15 is 0 Å². The highest BCUT2D eigenvalue weighted by Gasteiger charge is 2.30. The van der Waals surface area contributed by atoms with E-state index in [1.54, 1.807) is 12.1 Å². The van der Waals surface area contributed by atoms with Gasteiger partial charge in [0.05, 0.1) is 10.5 Å². The molecule has 0 aliphatic carbocycles. The SMILES string of the molecule is Cc1ccc(OC(=O)c2ccc(Br)c(S(=O)(=O)N3CCCC3)c2)c(-n2nc3ccccc3n2)c1. The fraction of sp³-hybridized carbons (Fsp3) is 0.208. The van der Waals surface area contributed by atoms with Crippen LogP contribution < -0.4 is 4.74 Å².